The zero-order valence-corrected chi connectivity index (χ0v) is 15.0. The number of hydrogen-bond acceptors (Lipinski definition) is 4. The molecule has 0 aliphatic rings. The maximum Gasteiger partial charge on any atom is 0.335 e. The summed E-state index contributed by atoms with van der Waals surface area (Å²) in [6.07, 6.45) is 0. The van der Waals surface area contributed by atoms with E-state index in [0.29, 0.717) is 10.6 Å². The lowest BCUT2D eigenvalue weighted by atomic mass is 10.1. The summed E-state index contributed by atoms with van der Waals surface area (Å²) >= 11 is 6.00. The van der Waals surface area contributed by atoms with Crippen molar-refractivity contribution in [1.82, 2.24) is 10.9 Å². The third-order valence-electron chi connectivity index (χ3n) is 3.74. The number of hydrogen-bond donors (Lipinski definition) is 3. The highest BCUT2D eigenvalue weighted by Crippen LogP contribution is 2.22. The largest absolute Gasteiger partial charge is 0.478 e. The number of amides is 1. The van der Waals surface area contributed by atoms with Gasteiger partial charge in [0.05, 0.1) is 11.1 Å². The van der Waals surface area contributed by atoms with E-state index in [4.69, 9.17) is 16.7 Å². The van der Waals surface area contributed by atoms with Crippen molar-refractivity contribution in [3.63, 3.8) is 0 Å². The van der Waals surface area contributed by atoms with Crippen molar-refractivity contribution in [3.05, 3.63) is 64.2 Å². The first-order chi connectivity index (χ1) is 11.8. The predicted octanol–water partition coefficient (Wildman–Crippen LogP) is 3.10. The Bertz CT molecular complexity index is 776. The van der Waals surface area contributed by atoms with Crippen molar-refractivity contribution < 1.29 is 14.7 Å². The number of carboxylic acids is 1. The van der Waals surface area contributed by atoms with Crippen LogP contribution < -0.4 is 15.8 Å². The Morgan fingerprint density at radius 1 is 1.12 bits per heavy atom. The molecule has 7 heteroatoms. The number of carbonyl (C=O) groups is 2. The Morgan fingerprint density at radius 2 is 1.76 bits per heavy atom. The average Bonchev–Trinajstić information content (AvgIpc) is 2.59. The molecule has 1 unspecified atom stereocenters. The van der Waals surface area contributed by atoms with Gasteiger partial charge in [0.15, 0.2) is 0 Å². The molecule has 0 saturated carbocycles. The van der Waals surface area contributed by atoms with E-state index in [1.807, 2.05) is 25.9 Å². The lowest BCUT2D eigenvalue weighted by Crippen LogP contribution is -2.39. The average molecular weight is 362 g/mol. The molecule has 0 aliphatic carbocycles. The van der Waals surface area contributed by atoms with Crippen LogP contribution >= 0.6 is 11.6 Å². The standard InChI is InChI=1S/C18H20ClN3O3/c1-11(12-4-6-13(7-5-12)18(24)25)20-21-17(23)15-10-14(19)8-9-16(15)22(2)3/h4-11,20H,1-3H3,(H,21,23)(H,24,25). The summed E-state index contributed by atoms with van der Waals surface area (Å²) in [4.78, 5) is 25.2. The van der Waals surface area contributed by atoms with Gasteiger partial charge >= 0.3 is 5.97 Å². The summed E-state index contributed by atoms with van der Waals surface area (Å²) in [5.41, 5.74) is 7.87. The van der Waals surface area contributed by atoms with Gasteiger partial charge in [-0.25, -0.2) is 10.2 Å². The molecule has 132 valence electrons. The number of nitrogens with one attached hydrogen (secondary N) is 2. The van der Waals surface area contributed by atoms with E-state index >= 15 is 0 Å². The van der Waals surface area contributed by atoms with Crippen LogP contribution in [0.4, 0.5) is 5.69 Å². The molecule has 2 rings (SSSR count). The fourth-order valence-electron chi connectivity index (χ4n) is 2.32. The van der Waals surface area contributed by atoms with Gasteiger partial charge in [-0.05, 0) is 42.8 Å². The summed E-state index contributed by atoms with van der Waals surface area (Å²) in [6, 6.07) is 11.4. The van der Waals surface area contributed by atoms with Crippen LogP contribution in [0, 0.1) is 0 Å². The van der Waals surface area contributed by atoms with Crippen LogP contribution in [0.3, 0.4) is 0 Å². The van der Waals surface area contributed by atoms with Crippen molar-refractivity contribution in [3.8, 4) is 0 Å². The third kappa shape index (κ3) is 4.71. The number of carboxylic acid groups (broad SMARTS) is 1. The first-order valence-corrected chi connectivity index (χ1v) is 8.03. The highest BCUT2D eigenvalue weighted by atomic mass is 35.5. The summed E-state index contributed by atoms with van der Waals surface area (Å²) in [5.74, 6) is -1.28. The topological polar surface area (TPSA) is 81.7 Å². The Hall–Kier alpha value is -2.57. The van der Waals surface area contributed by atoms with Gasteiger partial charge < -0.3 is 10.0 Å². The Morgan fingerprint density at radius 3 is 2.32 bits per heavy atom. The van der Waals surface area contributed by atoms with Crippen molar-refractivity contribution in [2.24, 2.45) is 0 Å². The van der Waals surface area contributed by atoms with Gasteiger partial charge in [0, 0.05) is 30.8 Å². The van der Waals surface area contributed by atoms with Crippen molar-refractivity contribution in [2.75, 3.05) is 19.0 Å². The number of hydrazine groups is 1. The minimum Gasteiger partial charge on any atom is -0.478 e. The minimum absolute atomic E-state index is 0.200. The van der Waals surface area contributed by atoms with Crippen molar-refractivity contribution in [2.45, 2.75) is 13.0 Å². The number of aromatic carboxylic acids is 1. The first-order valence-electron chi connectivity index (χ1n) is 7.65. The molecule has 0 aromatic heterocycles. The van der Waals surface area contributed by atoms with E-state index < -0.39 is 5.97 Å². The quantitative estimate of drug-likeness (QED) is 0.689. The molecule has 0 fully saturated rings. The maximum atomic E-state index is 12.5. The second kappa shape index (κ2) is 8.00. The molecule has 0 radical (unpaired) electrons. The van der Waals surface area contributed by atoms with Gasteiger partial charge in [0.1, 0.15) is 0 Å². The van der Waals surface area contributed by atoms with Crippen molar-refractivity contribution in [1.29, 1.82) is 0 Å². The Labute approximate surface area is 151 Å². The monoisotopic (exact) mass is 361 g/mol. The van der Waals surface area contributed by atoms with Gasteiger partial charge in [-0.15, -0.1) is 0 Å². The highest BCUT2D eigenvalue weighted by molar-refractivity contribution is 6.31. The van der Waals surface area contributed by atoms with Crippen LogP contribution in [0.2, 0.25) is 5.02 Å². The number of nitrogens with zero attached hydrogens (tertiary/aromatic N) is 1. The lowest BCUT2D eigenvalue weighted by Gasteiger charge is -2.19. The van der Waals surface area contributed by atoms with Gasteiger partial charge in [0.2, 0.25) is 0 Å². The maximum absolute atomic E-state index is 12.5. The van der Waals surface area contributed by atoms with E-state index in [9.17, 15) is 9.59 Å². The molecule has 2 aromatic rings. The predicted molar refractivity (Wildman–Crippen MR) is 98.2 cm³/mol. The van der Waals surface area contributed by atoms with E-state index in [1.165, 1.54) is 12.1 Å². The molecule has 2 aromatic carbocycles. The van der Waals surface area contributed by atoms with Crippen LogP contribution in [-0.4, -0.2) is 31.1 Å². The number of anilines is 1. The SMILES string of the molecule is CC(NNC(=O)c1cc(Cl)ccc1N(C)C)c1ccc(C(=O)O)cc1. The smallest absolute Gasteiger partial charge is 0.335 e. The normalized spacial score (nSPS) is 11.7. The van der Waals surface area contributed by atoms with Gasteiger partial charge in [-0.1, -0.05) is 23.7 Å². The zero-order chi connectivity index (χ0) is 18.6. The van der Waals surface area contributed by atoms with Crippen LogP contribution in [0.1, 0.15) is 39.2 Å². The van der Waals surface area contributed by atoms with Gasteiger partial charge in [-0.3, -0.25) is 10.2 Å². The van der Waals surface area contributed by atoms with E-state index in [2.05, 4.69) is 10.9 Å². The molecular formula is C18H20ClN3O3. The highest BCUT2D eigenvalue weighted by Gasteiger charge is 2.15. The zero-order valence-electron chi connectivity index (χ0n) is 14.2. The number of benzene rings is 2. The molecule has 0 heterocycles. The second-order valence-corrected chi connectivity index (χ2v) is 6.24. The minimum atomic E-state index is -0.974. The Kier molecular flexibility index (Phi) is 6.01. The molecule has 25 heavy (non-hydrogen) atoms. The van der Waals surface area contributed by atoms with Crippen molar-refractivity contribution >= 4 is 29.2 Å². The fourth-order valence-corrected chi connectivity index (χ4v) is 2.49. The fraction of sp³-hybridized carbons (Fsp3) is 0.222. The third-order valence-corrected chi connectivity index (χ3v) is 3.98. The van der Waals surface area contributed by atoms with E-state index in [0.717, 1.165) is 11.3 Å². The molecule has 1 amide bonds. The number of carbonyl (C=O) groups excluding carboxylic acids is 1. The van der Waals surface area contributed by atoms with Crippen LogP contribution in [0.25, 0.3) is 0 Å². The summed E-state index contributed by atoms with van der Waals surface area (Å²) in [5, 5.41) is 9.40. The van der Waals surface area contributed by atoms with Gasteiger partial charge in [0.25, 0.3) is 5.91 Å². The van der Waals surface area contributed by atoms with E-state index in [-0.39, 0.29) is 17.5 Å². The van der Waals surface area contributed by atoms with Crippen LogP contribution in [0.15, 0.2) is 42.5 Å². The summed E-state index contributed by atoms with van der Waals surface area (Å²) in [7, 11) is 3.69. The molecule has 6 nitrogen and oxygen atoms in total. The number of halogens is 1. The molecule has 0 aliphatic heterocycles. The van der Waals surface area contributed by atoms with Gasteiger partial charge in [-0.2, -0.15) is 0 Å². The molecule has 0 saturated heterocycles. The molecule has 3 N–H and O–H groups in total. The number of rotatable bonds is 6. The van der Waals surface area contributed by atoms with Crippen LogP contribution in [-0.2, 0) is 0 Å². The molecular weight excluding hydrogens is 342 g/mol. The summed E-state index contributed by atoms with van der Waals surface area (Å²) in [6.45, 7) is 1.86. The Balaban J connectivity index is 2.06. The second-order valence-electron chi connectivity index (χ2n) is 5.80. The molecule has 1 atom stereocenters. The molecule has 0 spiro atoms. The summed E-state index contributed by atoms with van der Waals surface area (Å²) < 4.78 is 0. The lowest BCUT2D eigenvalue weighted by molar-refractivity contribution is 0.0696. The van der Waals surface area contributed by atoms with Crippen LogP contribution in [0.5, 0.6) is 0 Å². The van der Waals surface area contributed by atoms with E-state index in [1.54, 1.807) is 30.3 Å². The first kappa shape index (κ1) is 18.8. The molecule has 0 bridgehead atoms.